The third-order valence-electron chi connectivity index (χ3n) is 8.92. The molecule has 42 heavy (non-hydrogen) atoms. The number of ether oxygens (including phenoxy) is 2. The molecule has 10 nitrogen and oxygen atoms in total. The van der Waals surface area contributed by atoms with Crippen LogP contribution in [0.1, 0.15) is 49.7 Å². The second-order valence-corrected chi connectivity index (χ2v) is 12.7. The Balaban J connectivity index is 1.46. The maximum absolute atomic E-state index is 14.0. The smallest absolute Gasteiger partial charge is 0.247 e. The number of fused-ring (bicyclic) bond motifs is 2. The van der Waals surface area contributed by atoms with Crippen molar-refractivity contribution in [1.82, 2.24) is 10.2 Å². The van der Waals surface area contributed by atoms with Crippen molar-refractivity contribution in [2.75, 3.05) is 20.3 Å². The Kier molecular flexibility index (Phi) is 10.1. The lowest BCUT2D eigenvalue weighted by Gasteiger charge is -2.41. The summed E-state index contributed by atoms with van der Waals surface area (Å²) < 4.78 is 17.8. The van der Waals surface area contributed by atoms with Crippen LogP contribution in [0, 0.1) is 21.3 Å². The number of aliphatic hydroxyl groups is 3. The number of benzene rings is 1. The molecule has 6 unspecified atom stereocenters. The molecule has 0 radical (unpaired) electrons. The normalized spacial score (nSPS) is 26.5. The van der Waals surface area contributed by atoms with Gasteiger partial charge in [-0.15, -0.1) is 0 Å². The molecule has 0 spiro atoms. The van der Waals surface area contributed by atoms with E-state index in [9.17, 15) is 24.9 Å². The molecule has 6 atom stereocenters. The molecule has 228 valence electrons. The first-order valence-electron chi connectivity index (χ1n) is 14.5. The van der Waals surface area contributed by atoms with E-state index in [1.807, 2.05) is 0 Å². The molecule has 2 bridgehead atoms. The number of furan rings is 1. The first-order chi connectivity index (χ1) is 20.3. The quantitative estimate of drug-likeness (QED) is 0.249. The highest BCUT2D eigenvalue weighted by Crippen LogP contribution is 2.50. The van der Waals surface area contributed by atoms with Gasteiger partial charge in [-0.25, -0.2) is 0 Å². The molecular weight excluding hydrogens is 655 g/mol. The third kappa shape index (κ3) is 6.79. The summed E-state index contributed by atoms with van der Waals surface area (Å²) in [5.74, 6) is 1.88. The van der Waals surface area contributed by atoms with Gasteiger partial charge in [-0.05, 0) is 89.4 Å². The van der Waals surface area contributed by atoms with E-state index in [0.29, 0.717) is 50.4 Å². The van der Waals surface area contributed by atoms with Crippen molar-refractivity contribution in [3.05, 3.63) is 57.1 Å². The van der Waals surface area contributed by atoms with Crippen LogP contribution in [-0.4, -0.2) is 70.5 Å². The zero-order chi connectivity index (χ0) is 29.8. The van der Waals surface area contributed by atoms with Gasteiger partial charge in [-0.1, -0.05) is 6.42 Å². The van der Waals surface area contributed by atoms with Crippen LogP contribution in [0.25, 0.3) is 0 Å². The van der Waals surface area contributed by atoms with E-state index in [4.69, 9.17) is 13.9 Å². The lowest BCUT2D eigenvalue weighted by molar-refractivity contribution is -0.141. The number of methoxy groups -OCH3 is 1. The molecule has 0 saturated heterocycles. The highest BCUT2D eigenvalue weighted by molar-refractivity contribution is 14.1. The Morgan fingerprint density at radius 1 is 1.19 bits per heavy atom. The second-order valence-electron chi connectivity index (χ2n) is 11.6. The molecule has 3 aliphatic carbocycles. The number of nitrogens with one attached hydrogen (secondary N) is 1. The molecule has 3 aliphatic rings. The van der Waals surface area contributed by atoms with E-state index in [1.54, 1.807) is 41.7 Å². The lowest BCUT2D eigenvalue weighted by Crippen LogP contribution is -2.55. The monoisotopic (exact) mass is 694 g/mol. The number of hydrogen-bond donors (Lipinski definition) is 4. The summed E-state index contributed by atoms with van der Waals surface area (Å²) in [6.07, 6.45) is 7.76. The Hall–Kier alpha value is -2.61. The van der Waals surface area contributed by atoms with E-state index < -0.39 is 24.2 Å². The number of amides is 2. The standard InChI is InChI=1S/C31H39IN2O8/c1-40-27-11-20(16-36)10-24(32)30(27)42-26-13-23(31(39)33-5-6-35)12-25(29(26)38)34(15-19-4-7-41-17-19)28(37)14-22-9-18-2-3-21(22)8-18/h4,7,10-11,13,17-18,21-22,25-26,29,35-36,38H,2-3,5-6,8-9,12,14-16H2,1H3,(H,33,39). The molecule has 1 heterocycles. The highest BCUT2D eigenvalue weighted by atomic mass is 127. The predicted molar refractivity (Wildman–Crippen MR) is 161 cm³/mol. The Morgan fingerprint density at radius 2 is 2.02 bits per heavy atom. The molecule has 11 heteroatoms. The van der Waals surface area contributed by atoms with Crippen molar-refractivity contribution in [2.24, 2.45) is 17.8 Å². The van der Waals surface area contributed by atoms with Gasteiger partial charge >= 0.3 is 0 Å². The largest absolute Gasteiger partial charge is 0.493 e. The number of halogens is 1. The van der Waals surface area contributed by atoms with Crippen molar-refractivity contribution in [2.45, 2.75) is 69.9 Å². The van der Waals surface area contributed by atoms with Crippen LogP contribution < -0.4 is 14.8 Å². The molecule has 2 amide bonds. The van der Waals surface area contributed by atoms with Crippen LogP contribution in [0.5, 0.6) is 11.5 Å². The summed E-state index contributed by atoms with van der Waals surface area (Å²) in [5.41, 5.74) is 1.79. The van der Waals surface area contributed by atoms with Gasteiger partial charge in [0.2, 0.25) is 11.8 Å². The molecule has 5 rings (SSSR count). The van der Waals surface area contributed by atoms with E-state index in [-0.39, 0.29) is 38.6 Å². The second kappa shape index (κ2) is 13.8. The molecule has 4 N–H and O–H groups in total. The minimum atomic E-state index is -1.16. The van der Waals surface area contributed by atoms with Gasteiger partial charge in [0, 0.05) is 37.1 Å². The topological polar surface area (TPSA) is 142 Å². The molecule has 1 aromatic heterocycles. The van der Waals surface area contributed by atoms with E-state index in [1.165, 1.54) is 26.4 Å². The zero-order valence-corrected chi connectivity index (χ0v) is 25.9. The minimum absolute atomic E-state index is 0.0620. The number of carbonyl (C=O) groups excluding carboxylic acids is 2. The fourth-order valence-electron chi connectivity index (χ4n) is 6.83. The van der Waals surface area contributed by atoms with E-state index >= 15 is 0 Å². The van der Waals surface area contributed by atoms with E-state index in [2.05, 4.69) is 27.9 Å². The summed E-state index contributed by atoms with van der Waals surface area (Å²) in [6.45, 7) is -0.0941. The van der Waals surface area contributed by atoms with Crippen LogP contribution in [0.3, 0.4) is 0 Å². The van der Waals surface area contributed by atoms with Gasteiger partial charge in [0.25, 0.3) is 0 Å². The summed E-state index contributed by atoms with van der Waals surface area (Å²) >= 11 is 2.08. The average molecular weight is 695 g/mol. The summed E-state index contributed by atoms with van der Waals surface area (Å²) in [6, 6.07) is 4.46. The number of rotatable bonds is 12. The molecule has 2 saturated carbocycles. The summed E-state index contributed by atoms with van der Waals surface area (Å²) in [5, 5.41) is 33.4. The predicted octanol–water partition coefficient (Wildman–Crippen LogP) is 3.16. The SMILES string of the molecule is COc1cc(CO)cc(I)c1OC1C=C(C(=O)NCCO)CC(N(Cc2ccoc2)C(=O)CC2CC3CCC2C3)C1O. The van der Waals surface area contributed by atoms with Gasteiger partial charge in [-0.2, -0.15) is 0 Å². The molecule has 2 aromatic rings. The first kappa shape index (κ1) is 30.8. The Labute approximate surface area is 259 Å². The third-order valence-corrected chi connectivity index (χ3v) is 9.72. The van der Waals surface area contributed by atoms with Gasteiger partial charge in [0.05, 0.1) is 42.5 Å². The highest BCUT2D eigenvalue weighted by Gasteiger charge is 2.44. The summed E-state index contributed by atoms with van der Waals surface area (Å²) in [4.78, 5) is 28.9. The molecule has 1 aromatic carbocycles. The fraction of sp³-hybridized carbons (Fsp3) is 0.548. The van der Waals surface area contributed by atoms with Crippen LogP contribution in [-0.2, 0) is 22.7 Å². The number of aliphatic hydroxyl groups excluding tert-OH is 3. The number of nitrogens with zero attached hydrogens (tertiary/aromatic N) is 1. The van der Waals surface area contributed by atoms with Crippen LogP contribution >= 0.6 is 22.6 Å². The molecule has 2 fully saturated rings. The average Bonchev–Trinajstić information content (AvgIpc) is 3.76. The van der Waals surface area contributed by atoms with E-state index in [0.717, 1.165) is 12.0 Å². The minimum Gasteiger partial charge on any atom is -0.493 e. The van der Waals surface area contributed by atoms with Crippen LogP contribution in [0.2, 0.25) is 0 Å². The van der Waals surface area contributed by atoms with Gasteiger partial charge in [0.15, 0.2) is 11.5 Å². The van der Waals surface area contributed by atoms with Crippen LogP contribution in [0.15, 0.2) is 46.8 Å². The number of hydrogen-bond acceptors (Lipinski definition) is 8. The maximum Gasteiger partial charge on any atom is 0.247 e. The maximum atomic E-state index is 14.0. The van der Waals surface area contributed by atoms with Crippen molar-refractivity contribution in [1.29, 1.82) is 0 Å². The van der Waals surface area contributed by atoms with Crippen molar-refractivity contribution in [3.63, 3.8) is 0 Å². The fourth-order valence-corrected chi connectivity index (χ4v) is 7.63. The van der Waals surface area contributed by atoms with Crippen molar-refractivity contribution in [3.8, 4) is 11.5 Å². The van der Waals surface area contributed by atoms with Crippen LogP contribution in [0.4, 0.5) is 0 Å². The first-order valence-corrected chi connectivity index (χ1v) is 15.6. The molecule has 0 aliphatic heterocycles. The van der Waals surface area contributed by atoms with Gasteiger partial charge in [-0.3, -0.25) is 9.59 Å². The lowest BCUT2D eigenvalue weighted by atomic mass is 9.84. The molecular formula is C31H39IN2O8. The van der Waals surface area contributed by atoms with Gasteiger partial charge < -0.3 is 39.4 Å². The van der Waals surface area contributed by atoms with Crippen molar-refractivity contribution < 1.29 is 38.8 Å². The Morgan fingerprint density at radius 3 is 2.67 bits per heavy atom. The van der Waals surface area contributed by atoms with Crippen molar-refractivity contribution >= 4 is 34.4 Å². The number of carbonyl (C=O) groups is 2. The Bertz CT molecular complexity index is 1280. The van der Waals surface area contributed by atoms with Gasteiger partial charge in [0.1, 0.15) is 12.2 Å². The zero-order valence-electron chi connectivity index (χ0n) is 23.7. The summed E-state index contributed by atoms with van der Waals surface area (Å²) in [7, 11) is 1.49.